The van der Waals surface area contributed by atoms with Crippen LogP contribution in [0.5, 0.6) is 11.5 Å². The lowest BCUT2D eigenvalue weighted by atomic mass is 10.3. The Morgan fingerprint density at radius 2 is 1.68 bits per heavy atom. The fourth-order valence-corrected chi connectivity index (χ4v) is 3.38. The standard InChI is InChI=1S/C21H16ClN3O2S/c22-14-5-9-16(10-6-14)27-17-11-7-15(8-12-17)23-20(26)13-28-21-24-18-3-1-2-4-19(18)25-21/h1-12H,13H2,(H,23,26)(H,24,25). The van der Waals surface area contributed by atoms with Gasteiger partial charge in [-0.2, -0.15) is 0 Å². The zero-order valence-electron chi connectivity index (χ0n) is 14.7. The Balaban J connectivity index is 1.30. The second-order valence-corrected chi connectivity index (χ2v) is 7.38. The van der Waals surface area contributed by atoms with E-state index in [0.29, 0.717) is 22.2 Å². The average Bonchev–Trinajstić information content (AvgIpc) is 3.13. The Hall–Kier alpha value is -2.96. The monoisotopic (exact) mass is 409 g/mol. The van der Waals surface area contributed by atoms with E-state index in [9.17, 15) is 4.79 Å². The molecule has 1 aromatic heterocycles. The minimum Gasteiger partial charge on any atom is -0.457 e. The van der Waals surface area contributed by atoms with Crippen molar-refractivity contribution in [2.75, 3.05) is 11.1 Å². The van der Waals surface area contributed by atoms with Gasteiger partial charge in [0.05, 0.1) is 16.8 Å². The van der Waals surface area contributed by atoms with E-state index in [-0.39, 0.29) is 11.7 Å². The Morgan fingerprint density at radius 1 is 1.00 bits per heavy atom. The average molecular weight is 410 g/mol. The van der Waals surface area contributed by atoms with E-state index in [0.717, 1.165) is 16.2 Å². The number of imidazole rings is 1. The van der Waals surface area contributed by atoms with Gasteiger partial charge >= 0.3 is 0 Å². The first kappa shape index (κ1) is 18.4. The van der Waals surface area contributed by atoms with Gasteiger partial charge in [0, 0.05) is 10.7 Å². The number of aromatic amines is 1. The molecule has 7 heteroatoms. The third kappa shape index (κ3) is 4.65. The summed E-state index contributed by atoms with van der Waals surface area (Å²) in [4.78, 5) is 19.8. The Kier molecular flexibility index (Phi) is 5.50. The van der Waals surface area contributed by atoms with Gasteiger partial charge in [-0.1, -0.05) is 35.5 Å². The molecule has 0 atom stereocenters. The third-order valence-electron chi connectivity index (χ3n) is 3.90. The van der Waals surface area contributed by atoms with Crippen LogP contribution in [-0.4, -0.2) is 21.6 Å². The van der Waals surface area contributed by atoms with E-state index >= 15 is 0 Å². The smallest absolute Gasteiger partial charge is 0.234 e. The molecule has 28 heavy (non-hydrogen) atoms. The number of aromatic nitrogens is 2. The molecule has 0 aliphatic heterocycles. The van der Waals surface area contributed by atoms with Crippen molar-refractivity contribution in [3.8, 4) is 11.5 Å². The summed E-state index contributed by atoms with van der Waals surface area (Å²) in [7, 11) is 0. The fourth-order valence-electron chi connectivity index (χ4n) is 2.57. The molecule has 5 nitrogen and oxygen atoms in total. The van der Waals surface area contributed by atoms with Gasteiger partial charge in [-0.15, -0.1) is 0 Å². The number of carbonyl (C=O) groups is 1. The Bertz CT molecular complexity index is 1060. The highest BCUT2D eigenvalue weighted by Crippen LogP contribution is 2.25. The first-order valence-electron chi connectivity index (χ1n) is 8.57. The van der Waals surface area contributed by atoms with E-state index in [1.54, 1.807) is 48.5 Å². The van der Waals surface area contributed by atoms with Crippen LogP contribution in [0.4, 0.5) is 5.69 Å². The van der Waals surface area contributed by atoms with E-state index in [2.05, 4.69) is 15.3 Å². The molecule has 0 bridgehead atoms. The van der Waals surface area contributed by atoms with E-state index in [1.165, 1.54) is 11.8 Å². The molecule has 140 valence electrons. The van der Waals surface area contributed by atoms with Crippen LogP contribution in [0.25, 0.3) is 11.0 Å². The maximum absolute atomic E-state index is 12.2. The molecule has 0 spiro atoms. The summed E-state index contributed by atoms with van der Waals surface area (Å²) in [5.74, 6) is 1.54. The van der Waals surface area contributed by atoms with Crippen LogP contribution in [0.2, 0.25) is 5.02 Å². The van der Waals surface area contributed by atoms with Gasteiger partial charge < -0.3 is 15.0 Å². The number of nitrogens with one attached hydrogen (secondary N) is 2. The van der Waals surface area contributed by atoms with Crippen molar-refractivity contribution in [2.24, 2.45) is 0 Å². The molecule has 3 aromatic carbocycles. The van der Waals surface area contributed by atoms with Crippen LogP contribution in [0.1, 0.15) is 0 Å². The highest BCUT2D eigenvalue weighted by molar-refractivity contribution is 7.99. The number of rotatable bonds is 6. The lowest BCUT2D eigenvalue weighted by Crippen LogP contribution is -2.13. The van der Waals surface area contributed by atoms with Crippen LogP contribution in [-0.2, 0) is 4.79 Å². The van der Waals surface area contributed by atoms with Crippen molar-refractivity contribution in [3.63, 3.8) is 0 Å². The number of benzene rings is 3. The van der Waals surface area contributed by atoms with Crippen molar-refractivity contribution in [3.05, 3.63) is 77.8 Å². The van der Waals surface area contributed by atoms with Crippen molar-refractivity contribution in [1.29, 1.82) is 0 Å². The van der Waals surface area contributed by atoms with Gasteiger partial charge in [-0.05, 0) is 60.7 Å². The lowest BCUT2D eigenvalue weighted by molar-refractivity contribution is -0.113. The van der Waals surface area contributed by atoms with E-state index in [4.69, 9.17) is 16.3 Å². The van der Waals surface area contributed by atoms with Gasteiger partial charge in [-0.25, -0.2) is 4.98 Å². The Labute approximate surface area is 171 Å². The summed E-state index contributed by atoms with van der Waals surface area (Å²) in [6, 6.07) is 22.1. The second-order valence-electron chi connectivity index (χ2n) is 5.98. The van der Waals surface area contributed by atoms with Gasteiger partial charge in [0.25, 0.3) is 0 Å². The minimum absolute atomic E-state index is 0.100. The van der Waals surface area contributed by atoms with Crippen LogP contribution in [0, 0.1) is 0 Å². The molecule has 4 rings (SSSR count). The number of carbonyl (C=O) groups excluding carboxylic acids is 1. The second kappa shape index (κ2) is 8.37. The lowest BCUT2D eigenvalue weighted by Gasteiger charge is -2.08. The molecule has 0 saturated heterocycles. The number of hydrogen-bond donors (Lipinski definition) is 2. The normalized spacial score (nSPS) is 10.8. The fraction of sp³-hybridized carbons (Fsp3) is 0.0476. The molecule has 0 radical (unpaired) electrons. The minimum atomic E-state index is -0.100. The molecule has 0 unspecified atom stereocenters. The van der Waals surface area contributed by atoms with Crippen molar-refractivity contribution >= 4 is 46.0 Å². The molecule has 0 fully saturated rings. The molecule has 1 amide bonds. The summed E-state index contributed by atoms with van der Waals surface area (Å²) in [5, 5.41) is 4.25. The SMILES string of the molecule is O=C(CSc1nc2ccccc2[nH]1)Nc1ccc(Oc2ccc(Cl)cc2)cc1. The largest absolute Gasteiger partial charge is 0.457 e. The number of nitrogens with zero attached hydrogens (tertiary/aromatic N) is 1. The maximum atomic E-state index is 12.2. The zero-order chi connectivity index (χ0) is 19.3. The molecule has 0 saturated carbocycles. The first-order chi connectivity index (χ1) is 13.7. The van der Waals surface area contributed by atoms with Gasteiger partial charge in [0.15, 0.2) is 5.16 Å². The van der Waals surface area contributed by atoms with Crippen LogP contribution < -0.4 is 10.1 Å². The highest BCUT2D eigenvalue weighted by Gasteiger charge is 2.07. The van der Waals surface area contributed by atoms with Gasteiger partial charge in [-0.3, -0.25) is 4.79 Å². The number of fused-ring (bicyclic) bond motifs is 1. The third-order valence-corrected chi connectivity index (χ3v) is 5.02. The van der Waals surface area contributed by atoms with Gasteiger partial charge in [0.1, 0.15) is 11.5 Å². The Morgan fingerprint density at radius 3 is 2.39 bits per heavy atom. The summed E-state index contributed by atoms with van der Waals surface area (Å²) >= 11 is 7.23. The molecule has 0 aliphatic carbocycles. The van der Waals surface area contributed by atoms with Crippen LogP contribution in [0.15, 0.2) is 78.0 Å². The number of ether oxygens (including phenoxy) is 1. The summed E-state index contributed by atoms with van der Waals surface area (Å²) in [5.41, 5.74) is 2.56. The molecule has 2 N–H and O–H groups in total. The number of halogens is 1. The van der Waals surface area contributed by atoms with E-state index in [1.807, 2.05) is 24.3 Å². The van der Waals surface area contributed by atoms with Crippen LogP contribution in [0.3, 0.4) is 0 Å². The summed E-state index contributed by atoms with van der Waals surface area (Å²) < 4.78 is 5.74. The number of para-hydroxylation sites is 2. The molecule has 1 heterocycles. The summed E-state index contributed by atoms with van der Waals surface area (Å²) in [6.07, 6.45) is 0. The van der Waals surface area contributed by atoms with Crippen molar-refractivity contribution in [2.45, 2.75) is 5.16 Å². The van der Waals surface area contributed by atoms with Crippen molar-refractivity contribution < 1.29 is 9.53 Å². The molecular weight excluding hydrogens is 394 g/mol. The predicted molar refractivity (Wildman–Crippen MR) is 113 cm³/mol. The number of hydrogen-bond acceptors (Lipinski definition) is 4. The number of anilines is 1. The maximum Gasteiger partial charge on any atom is 0.234 e. The topological polar surface area (TPSA) is 67.0 Å². The molecule has 0 aliphatic rings. The predicted octanol–water partition coefficient (Wildman–Crippen LogP) is 5.74. The highest BCUT2D eigenvalue weighted by atomic mass is 35.5. The number of thioether (sulfide) groups is 1. The number of H-pyrrole nitrogens is 1. The van der Waals surface area contributed by atoms with E-state index < -0.39 is 0 Å². The zero-order valence-corrected chi connectivity index (χ0v) is 16.3. The summed E-state index contributed by atoms with van der Waals surface area (Å²) in [6.45, 7) is 0. The first-order valence-corrected chi connectivity index (χ1v) is 9.93. The number of amides is 1. The molecular formula is C21H16ClN3O2S. The quantitative estimate of drug-likeness (QED) is 0.398. The van der Waals surface area contributed by atoms with Gasteiger partial charge in [0.2, 0.25) is 5.91 Å². The molecule has 4 aromatic rings. The van der Waals surface area contributed by atoms with Crippen molar-refractivity contribution in [1.82, 2.24) is 9.97 Å². The van der Waals surface area contributed by atoms with Crippen LogP contribution >= 0.6 is 23.4 Å².